The lowest BCUT2D eigenvalue weighted by molar-refractivity contribution is -0.137. The van der Waals surface area contributed by atoms with Gasteiger partial charge in [0.2, 0.25) is 5.95 Å². The Labute approximate surface area is 255 Å². The zero-order valence-electron chi connectivity index (χ0n) is 23.8. The van der Waals surface area contributed by atoms with Gasteiger partial charge >= 0.3 is 6.18 Å². The summed E-state index contributed by atoms with van der Waals surface area (Å²) in [4.78, 5) is 25.2. The maximum Gasteiger partial charge on any atom is 0.421 e. The number of hydrogen-bond donors (Lipinski definition) is 4. The first-order valence-electron chi connectivity index (χ1n) is 13.7. The van der Waals surface area contributed by atoms with Crippen molar-refractivity contribution in [1.29, 1.82) is 0 Å². The van der Waals surface area contributed by atoms with E-state index in [1.54, 1.807) is 23.1 Å². The van der Waals surface area contributed by atoms with E-state index in [0.29, 0.717) is 42.0 Å². The van der Waals surface area contributed by atoms with E-state index in [1.807, 2.05) is 18.2 Å². The van der Waals surface area contributed by atoms with Gasteiger partial charge in [-0.3, -0.25) is 9.48 Å². The molecule has 14 heteroatoms. The van der Waals surface area contributed by atoms with Gasteiger partial charge in [-0.15, -0.1) is 0 Å². The molecular weight excluding hydrogens is 629 g/mol. The first-order valence-corrected chi connectivity index (χ1v) is 14.5. The quantitative estimate of drug-likeness (QED) is 0.133. The van der Waals surface area contributed by atoms with Gasteiger partial charge in [0.15, 0.2) is 5.69 Å². The molecule has 0 aliphatic carbocycles. The molecule has 10 nitrogen and oxygen atoms in total. The second kappa shape index (κ2) is 14.0. The zero-order valence-corrected chi connectivity index (χ0v) is 25.4. The fourth-order valence-electron chi connectivity index (χ4n) is 4.50. The Bertz CT molecular complexity index is 1570. The van der Waals surface area contributed by atoms with Gasteiger partial charge < -0.3 is 21.1 Å². The van der Waals surface area contributed by atoms with Crippen molar-refractivity contribution < 1.29 is 23.1 Å². The van der Waals surface area contributed by atoms with Gasteiger partial charge in [0.1, 0.15) is 11.4 Å². The highest BCUT2D eigenvalue weighted by Crippen LogP contribution is 2.37. The van der Waals surface area contributed by atoms with Crippen LogP contribution in [0.15, 0.2) is 53.4 Å². The Hall–Kier alpha value is -4.04. The summed E-state index contributed by atoms with van der Waals surface area (Å²) in [7, 11) is 1.40. The van der Waals surface area contributed by atoms with Crippen molar-refractivity contribution in [3.05, 3.63) is 70.2 Å². The zero-order chi connectivity index (χ0) is 31.1. The fraction of sp³-hybridized carbons (Fsp3) is 0.345. The van der Waals surface area contributed by atoms with Crippen molar-refractivity contribution in [3.8, 4) is 11.3 Å². The van der Waals surface area contributed by atoms with Crippen LogP contribution in [0.5, 0.6) is 0 Å². The number of halogens is 4. The maximum absolute atomic E-state index is 14.0. The highest BCUT2D eigenvalue weighted by Gasteiger charge is 2.36. The highest BCUT2D eigenvalue weighted by atomic mass is 79.9. The number of aromatic nitrogens is 5. The summed E-state index contributed by atoms with van der Waals surface area (Å²) in [5.41, 5.74) is 1.48. The van der Waals surface area contributed by atoms with Crippen molar-refractivity contribution in [2.75, 3.05) is 24.3 Å². The third kappa shape index (κ3) is 7.68. The largest absolute Gasteiger partial charge is 0.421 e. The lowest BCUT2D eigenvalue weighted by atomic mass is 9.94. The van der Waals surface area contributed by atoms with Crippen LogP contribution < -0.4 is 16.0 Å². The summed E-state index contributed by atoms with van der Waals surface area (Å²) in [6.45, 7) is 4.73. The average molecular weight is 662 g/mol. The number of aliphatic hydroxyl groups is 1. The number of amides is 1. The molecule has 3 aromatic heterocycles. The number of pyridine rings is 1. The molecule has 1 aromatic carbocycles. The van der Waals surface area contributed by atoms with E-state index < -0.39 is 23.5 Å². The van der Waals surface area contributed by atoms with Crippen molar-refractivity contribution in [2.24, 2.45) is 0 Å². The normalized spacial score (nSPS) is 11.6. The molecule has 4 rings (SSSR count). The van der Waals surface area contributed by atoms with Crippen LogP contribution >= 0.6 is 15.9 Å². The van der Waals surface area contributed by atoms with Crippen LogP contribution in [0.1, 0.15) is 60.6 Å². The standard InChI is InChI=1S/C29H32BrF3N8O2/c1-4-17(5-2)18-7-8-23(21(30)13-18)39-28-35-15-20(29(31,32)33)26(40-28)38-24-10-9-22(37-25(24)27(43)34-3)19-14-36-41(16-19)11-6-12-42/h7-10,13-17,42H,4-6,11-12H2,1-3H3,(H,34,43)(H2,35,38,39,40). The minimum absolute atomic E-state index is 0.0106. The van der Waals surface area contributed by atoms with Crippen molar-refractivity contribution in [2.45, 2.75) is 51.7 Å². The number of alkyl halides is 3. The van der Waals surface area contributed by atoms with Crippen LogP contribution in [0.4, 0.5) is 36.3 Å². The maximum atomic E-state index is 14.0. The summed E-state index contributed by atoms with van der Waals surface area (Å²) in [5, 5.41) is 21.4. The molecule has 0 aliphatic heterocycles. The minimum atomic E-state index is -4.78. The number of benzene rings is 1. The predicted octanol–water partition coefficient (Wildman–Crippen LogP) is 6.65. The lowest BCUT2D eigenvalue weighted by Gasteiger charge is -2.17. The molecule has 0 aliphatic rings. The molecule has 4 aromatic rings. The van der Waals surface area contributed by atoms with Gasteiger partial charge in [-0.05, 0) is 70.9 Å². The summed E-state index contributed by atoms with van der Waals surface area (Å²) >= 11 is 3.54. The van der Waals surface area contributed by atoms with E-state index in [2.05, 4.69) is 65.8 Å². The third-order valence-electron chi connectivity index (χ3n) is 6.86. The molecule has 0 fully saturated rings. The van der Waals surface area contributed by atoms with Crippen LogP contribution in [0.3, 0.4) is 0 Å². The lowest BCUT2D eigenvalue weighted by Crippen LogP contribution is -2.21. The summed E-state index contributed by atoms with van der Waals surface area (Å²) in [6, 6.07) is 8.79. The Kier molecular flexibility index (Phi) is 10.3. The molecule has 4 N–H and O–H groups in total. The van der Waals surface area contributed by atoms with E-state index in [-0.39, 0.29) is 23.9 Å². The van der Waals surface area contributed by atoms with Gasteiger partial charge in [-0.2, -0.15) is 23.3 Å². The van der Waals surface area contributed by atoms with Gasteiger partial charge in [0, 0.05) is 42.6 Å². The Morgan fingerprint density at radius 1 is 1.07 bits per heavy atom. The number of carbonyl (C=O) groups excluding carboxylic acids is 1. The number of hydrogen-bond acceptors (Lipinski definition) is 8. The summed E-state index contributed by atoms with van der Waals surface area (Å²) in [5.74, 6) is -0.848. The first-order chi connectivity index (χ1) is 20.6. The van der Waals surface area contributed by atoms with Gasteiger partial charge in [0.25, 0.3) is 5.91 Å². The smallest absolute Gasteiger partial charge is 0.396 e. The average Bonchev–Trinajstić information content (AvgIpc) is 3.46. The number of nitrogens with zero attached hydrogens (tertiary/aromatic N) is 5. The first kappa shape index (κ1) is 31.9. The van der Waals surface area contributed by atoms with E-state index in [9.17, 15) is 18.0 Å². The molecule has 0 unspecified atom stereocenters. The number of aliphatic hydroxyl groups excluding tert-OH is 1. The third-order valence-corrected chi connectivity index (χ3v) is 7.51. The van der Waals surface area contributed by atoms with Crippen LogP contribution in [-0.4, -0.2) is 49.4 Å². The number of aryl methyl sites for hydroxylation is 1. The minimum Gasteiger partial charge on any atom is -0.396 e. The highest BCUT2D eigenvalue weighted by molar-refractivity contribution is 9.10. The van der Waals surface area contributed by atoms with Crippen molar-refractivity contribution in [1.82, 2.24) is 30.0 Å². The Balaban J connectivity index is 1.68. The molecule has 228 valence electrons. The monoisotopic (exact) mass is 660 g/mol. The topological polar surface area (TPSA) is 130 Å². The number of rotatable bonds is 12. The van der Waals surface area contributed by atoms with Crippen LogP contribution in [0, 0.1) is 0 Å². The van der Waals surface area contributed by atoms with Crippen molar-refractivity contribution >= 4 is 45.0 Å². The molecule has 43 heavy (non-hydrogen) atoms. The van der Waals surface area contributed by atoms with E-state index >= 15 is 0 Å². The molecule has 0 saturated heterocycles. The number of nitrogens with one attached hydrogen (secondary N) is 3. The number of anilines is 4. The van der Waals surface area contributed by atoms with E-state index in [4.69, 9.17) is 5.11 Å². The number of carbonyl (C=O) groups is 1. The molecule has 0 spiro atoms. The molecule has 3 heterocycles. The van der Waals surface area contributed by atoms with Gasteiger partial charge in [-0.1, -0.05) is 19.9 Å². The second-order valence-corrected chi connectivity index (χ2v) is 10.6. The summed E-state index contributed by atoms with van der Waals surface area (Å²) in [6.07, 6.45) is 1.65. The van der Waals surface area contributed by atoms with E-state index in [0.717, 1.165) is 22.9 Å². The van der Waals surface area contributed by atoms with E-state index in [1.165, 1.54) is 13.1 Å². The van der Waals surface area contributed by atoms with Crippen LogP contribution in [0.2, 0.25) is 0 Å². The molecule has 0 saturated carbocycles. The Morgan fingerprint density at radius 3 is 2.47 bits per heavy atom. The van der Waals surface area contributed by atoms with Gasteiger partial charge in [0.05, 0.1) is 23.3 Å². The van der Waals surface area contributed by atoms with Crippen LogP contribution in [-0.2, 0) is 12.7 Å². The SMILES string of the molecule is CCC(CC)c1ccc(Nc2ncc(C(F)(F)F)c(Nc3ccc(-c4cnn(CCCO)c4)nc3C(=O)NC)n2)c(Br)c1. The van der Waals surface area contributed by atoms with Crippen LogP contribution in [0.25, 0.3) is 11.3 Å². The molecule has 1 amide bonds. The predicted molar refractivity (Wildman–Crippen MR) is 162 cm³/mol. The molecule has 0 bridgehead atoms. The molecule has 0 atom stereocenters. The molecular formula is C29H32BrF3N8O2. The molecule has 0 radical (unpaired) electrons. The van der Waals surface area contributed by atoms with Crippen molar-refractivity contribution in [3.63, 3.8) is 0 Å². The summed E-state index contributed by atoms with van der Waals surface area (Å²) < 4.78 is 44.3. The second-order valence-electron chi connectivity index (χ2n) is 9.70. The Morgan fingerprint density at radius 2 is 1.81 bits per heavy atom. The van der Waals surface area contributed by atoms with Gasteiger partial charge in [-0.25, -0.2) is 9.97 Å². The fourth-order valence-corrected chi connectivity index (χ4v) is 5.00.